The summed E-state index contributed by atoms with van der Waals surface area (Å²) in [6.45, 7) is 0.532. The van der Waals surface area contributed by atoms with E-state index in [0.29, 0.717) is 25.8 Å². The zero-order chi connectivity index (χ0) is 15.9. The molecule has 2 aromatic rings. The molecule has 0 spiro atoms. The minimum atomic E-state index is -0.176. The lowest BCUT2D eigenvalue weighted by molar-refractivity contribution is -0.121. The molecule has 1 amide bonds. The predicted octanol–water partition coefficient (Wildman–Crippen LogP) is 2.09. The van der Waals surface area contributed by atoms with Gasteiger partial charge >= 0.3 is 0 Å². The van der Waals surface area contributed by atoms with Crippen LogP contribution >= 0.6 is 0 Å². The van der Waals surface area contributed by atoms with E-state index in [0.717, 1.165) is 11.1 Å². The lowest BCUT2D eigenvalue weighted by Crippen LogP contribution is -2.25. The lowest BCUT2D eigenvalue weighted by Gasteiger charge is -2.06. The van der Waals surface area contributed by atoms with Crippen molar-refractivity contribution < 1.29 is 20.1 Å². The molecule has 0 aromatic heterocycles. The van der Waals surface area contributed by atoms with Crippen LogP contribution in [0.3, 0.4) is 0 Å². The minimum Gasteiger partial charge on any atom is -0.508 e. The maximum atomic E-state index is 11.7. The fraction of sp³-hybridized carbons (Fsp3) is 0.235. The lowest BCUT2D eigenvalue weighted by atomic mass is 10.1. The molecule has 0 unspecified atom stereocenters. The van der Waals surface area contributed by atoms with Crippen molar-refractivity contribution in [1.82, 2.24) is 5.32 Å². The van der Waals surface area contributed by atoms with E-state index in [4.69, 9.17) is 0 Å². The smallest absolute Gasteiger partial charge is 0.220 e. The molecule has 0 aliphatic heterocycles. The van der Waals surface area contributed by atoms with Crippen LogP contribution < -0.4 is 5.32 Å². The molecule has 2 rings (SSSR count). The second-order valence-corrected chi connectivity index (χ2v) is 5.09. The second-order valence-electron chi connectivity index (χ2n) is 5.09. The summed E-state index contributed by atoms with van der Waals surface area (Å²) in [6, 6.07) is 11.4. The zero-order valence-corrected chi connectivity index (χ0v) is 12.1. The zero-order valence-electron chi connectivity index (χ0n) is 12.1. The van der Waals surface area contributed by atoms with E-state index in [1.54, 1.807) is 18.2 Å². The number of carbonyl (C=O) groups is 1. The van der Waals surface area contributed by atoms with Crippen molar-refractivity contribution in [3.05, 3.63) is 53.6 Å². The molecule has 0 saturated heterocycles. The first-order valence-corrected chi connectivity index (χ1v) is 7.10. The molecule has 0 aliphatic carbocycles. The number of aromatic hydroxyl groups is 3. The maximum absolute atomic E-state index is 11.7. The van der Waals surface area contributed by atoms with Gasteiger partial charge in [0.15, 0.2) is 11.5 Å². The molecule has 0 fully saturated rings. The fourth-order valence-electron chi connectivity index (χ4n) is 2.08. The summed E-state index contributed by atoms with van der Waals surface area (Å²) in [5.74, 6) is -0.177. The molecule has 0 bridgehead atoms. The molecule has 116 valence electrons. The van der Waals surface area contributed by atoms with E-state index in [1.807, 2.05) is 12.1 Å². The highest BCUT2D eigenvalue weighted by Gasteiger charge is 2.05. The molecule has 5 heteroatoms. The highest BCUT2D eigenvalue weighted by molar-refractivity contribution is 5.76. The summed E-state index contributed by atoms with van der Waals surface area (Å²) in [4.78, 5) is 11.7. The number of phenols is 3. The third-order valence-electron chi connectivity index (χ3n) is 3.35. The minimum absolute atomic E-state index is 0.0636. The van der Waals surface area contributed by atoms with Crippen molar-refractivity contribution in [1.29, 1.82) is 0 Å². The molecule has 0 aliphatic rings. The number of nitrogens with one attached hydrogen (secondary N) is 1. The summed E-state index contributed by atoms with van der Waals surface area (Å²) in [5.41, 5.74) is 1.84. The number of phenolic OH excluding ortho intramolecular Hbond substituents is 3. The van der Waals surface area contributed by atoms with Crippen LogP contribution in [0.4, 0.5) is 0 Å². The topological polar surface area (TPSA) is 89.8 Å². The molecule has 22 heavy (non-hydrogen) atoms. The van der Waals surface area contributed by atoms with Crippen LogP contribution in [0.2, 0.25) is 0 Å². The standard InChI is InChI=1S/C17H19NO4/c19-14-5-1-12(2-6-14)9-10-18-17(22)8-4-13-3-7-15(20)16(21)11-13/h1-3,5-7,11,19-21H,4,8-10H2,(H,18,22). The molecule has 0 saturated carbocycles. The van der Waals surface area contributed by atoms with Crippen molar-refractivity contribution in [2.75, 3.05) is 6.54 Å². The van der Waals surface area contributed by atoms with Gasteiger partial charge in [0.05, 0.1) is 0 Å². The Balaban J connectivity index is 1.71. The second kappa shape index (κ2) is 7.36. The average Bonchev–Trinajstić information content (AvgIpc) is 2.50. The molecule has 0 radical (unpaired) electrons. The first-order valence-electron chi connectivity index (χ1n) is 7.10. The van der Waals surface area contributed by atoms with Crippen molar-refractivity contribution >= 4 is 5.91 Å². The molecular formula is C17H19NO4. The quantitative estimate of drug-likeness (QED) is 0.615. The SMILES string of the molecule is O=C(CCc1ccc(O)c(O)c1)NCCc1ccc(O)cc1. The van der Waals surface area contributed by atoms with Crippen LogP contribution in [0.5, 0.6) is 17.2 Å². The average molecular weight is 301 g/mol. The summed E-state index contributed by atoms with van der Waals surface area (Å²) < 4.78 is 0. The summed E-state index contributed by atoms with van der Waals surface area (Å²) in [7, 11) is 0. The van der Waals surface area contributed by atoms with Crippen molar-refractivity contribution in [3.8, 4) is 17.2 Å². The Kier molecular flexibility index (Phi) is 5.25. The van der Waals surface area contributed by atoms with E-state index in [9.17, 15) is 20.1 Å². The largest absolute Gasteiger partial charge is 0.508 e. The normalized spacial score (nSPS) is 10.4. The Hall–Kier alpha value is -2.69. The molecule has 2 aromatic carbocycles. The number of rotatable bonds is 6. The first-order chi connectivity index (χ1) is 10.5. The van der Waals surface area contributed by atoms with Gasteiger partial charge in [-0.1, -0.05) is 18.2 Å². The molecule has 4 N–H and O–H groups in total. The van der Waals surface area contributed by atoms with Crippen LogP contribution in [-0.2, 0) is 17.6 Å². The molecule has 5 nitrogen and oxygen atoms in total. The highest BCUT2D eigenvalue weighted by Crippen LogP contribution is 2.25. The Labute approximate surface area is 128 Å². The first kappa shape index (κ1) is 15.7. The van der Waals surface area contributed by atoms with Crippen molar-refractivity contribution in [3.63, 3.8) is 0 Å². The van der Waals surface area contributed by atoms with Gasteiger partial charge in [0.2, 0.25) is 5.91 Å². The Morgan fingerprint density at radius 2 is 1.55 bits per heavy atom. The monoisotopic (exact) mass is 301 g/mol. The van der Waals surface area contributed by atoms with Gasteiger partial charge in [-0.15, -0.1) is 0 Å². The number of hydrogen-bond acceptors (Lipinski definition) is 4. The van der Waals surface area contributed by atoms with E-state index in [-0.39, 0.29) is 23.2 Å². The Bertz CT molecular complexity index is 638. The molecule has 0 atom stereocenters. The molecule has 0 heterocycles. The van der Waals surface area contributed by atoms with Gasteiger partial charge in [-0.25, -0.2) is 0 Å². The van der Waals surface area contributed by atoms with Gasteiger partial charge in [-0.2, -0.15) is 0 Å². The van der Waals surface area contributed by atoms with Crippen LogP contribution in [0.25, 0.3) is 0 Å². The number of benzene rings is 2. The van der Waals surface area contributed by atoms with E-state index in [2.05, 4.69) is 5.32 Å². The summed E-state index contributed by atoms with van der Waals surface area (Å²) in [5, 5.41) is 30.6. The van der Waals surface area contributed by atoms with Gasteiger partial charge < -0.3 is 20.6 Å². The van der Waals surface area contributed by atoms with Gasteiger partial charge in [0, 0.05) is 13.0 Å². The van der Waals surface area contributed by atoms with Crippen molar-refractivity contribution in [2.45, 2.75) is 19.3 Å². The van der Waals surface area contributed by atoms with E-state index < -0.39 is 0 Å². The van der Waals surface area contributed by atoms with Crippen LogP contribution in [0.1, 0.15) is 17.5 Å². The van der Waals surface area contributed by atoms with Crippen LogP contribution in [0, 0.1) is 0 Å². The summed E-state index contributed by atoms with van der Waals surface area (Å²) in [6.07, 6.45) is 1.52. The van der Waals surface area contributed by atoms with Crippen LogP contribution in [-0.4, -0.2) is 27.8 Å². The number of aryl methyl sites for hydroxylation is 1. The third kappa shape index (κ3) is 4.70. The van der Waals surface area contributed by atoms with Crippen LogP contribution in [0.15, 0.2) is 42.5 Å². The predicted molar refractivity (Wildman–Crippen MR) is 82.9 cm³/mol. The number of amides is 1. The molecular weight excluding hydrogens is 282 g/mol. The van der Waals surface area contributed by atoms with E-state index >= 15 is 0 Å². The Morgan fingerprint density at radius 3 is 2.23 bits per heavy atom. The number of hydrogen-bond donors (Lipinski definition) is 4. The number of carbonyl (C=O) groups excluding carboxylic acids is 1. The maximum Gasteiger partial charge on any atom is 0.220 e. The highest BCUT2D eigenvalue weighted by atomic mass is 16.3. The van der Waals surface area contributed by atoms with Gasteiger partial charge in [-0.3, -0.25) is 4.79 Å². The fourth-order valence-corrected chi connectivity index (χ4v) is 2.08. The van der Waals surface area contributed by atoms with E-state index in [1.165, 1.54) is 12.1 Å². The third-order valence-corrected chi connectivity index (χ3v) is 3.35. The van der Waals surface area contributed by atoms with Crippen molar-refractivity contribution in [2.24, 2.45) is 0 Å². The summed E-state index contributed by atoms with van der Waals surface area (Å²) >= 11 is 0. The van der Waals surface area contributed by atoms with Gasteiger partial charge in [-0.05, 0) is 48.2 Å². The Morgan fingerprint density at radius 1 is 0.864 bits per heavy atom. The van der Waals surface area contributed by atoms with Gasteiger partial charge in [0.25, 0.3) is 0 Å². The van der Waals surface area contributed by atoms with Gasteiger partial charge in [0.1, 0.15) is 5.75 Å².